The number of halogens is 2. The molecule has 2 nitrogen and oxygen atoms in total. The van der Waals surface area contributed by atoms with E-state index in [1.807, 2.05) is 7.05 Å². The molecule has 0 heterocycles. The molecule has 2 rings (SSSR count). The van der Waals surface area contributed by atoms with Crippen molar-refractivity contribution in [3.8, 4) is 0 Å². The van der Waals surface area contributed by atoms with Crippen LogP contribution in [0, 0.1) is 5.82 Å². The number of carbonyl (C=O) groups excluding carboxylic acids is 1. The number of ketones is 1. The Labute approximate surface area is 124 Å². The van der Waals surface area contributed by atoms with E-state index in [1.165, 1.54) is 25.3 Å². The van der Waals surface area contributed by atoms with Crippen molar-refractivity contribution in [2.24, 2.45) is 0 Å². The lowest BCUT2D eigenvalue weighted by Gasteiger charge is -2.36. The standard InChI is InChI=1S/C16H21ClFNO/c1-19-16(7-3-2-4-8-16)11-13(20)9-12-5-6-15(18)14(17)10-12/h5-6,10,19H,2-4,7-9,11H2,1H3. The molecule has 1 fully saturated rings. The third kappa shape index (κ3) is 3.80. The van der Waals surface area contributed by atoms with Crippen LogP contribution in [0.3, 0.4) is 0 Å². The van der Waals surface area contributed by atoms with Crippen molar-refractivity contribution >= 4 is 17.4 Å². The minimum Gasteiger partial charge on any atom is -0.314 e. The molecule has 1 saturated carbocycles. The highest BCUT2D eigenvalue weighted by Gasteiger charge is 2.32. The van der Waals surface area contributed by atoms with Gasteiger partial charge < -0.3 is 5.32 Å². The van der Waals surface area contributed by atoms with Gasteiger partial charge in [-0.3, -0.25) is 4.79 Å². The van der Waals surface area contributed by atoms with Gasteiger partial charge in [0.1, 0.15) is 11.6 Å². The van der Waals surface area contributed by atoms with E-state index in [9.17, 15) is 9.18 Å². The molecule has 0 spiro atoms. The van der Waals surface area contributed by atoms with Gasteiger partial charge in [-0.15, -0.1) is 0 Å². The molecule has 20 heavy (non-hydrogen) atoms. The highest BCUT2D eigenvalue weighted by Crippen LogP contribution is 2.31. The Morgan fingerprint density at radius 3 is 2.65 bits per heavy atom. The summed E-state index contributed by atoms with van der Waals surface area (Å²) in [6.45, 7) is 0. The maximum atomic E-state index is 13.1. The molecule has 0 unspecified atom stereocenters. The van der Waals surface area contributed by atoms with Crippen molar-refractivity contribution in [1.29, 1.82) is 0 Å². The largest absolute Gasteiger partial charge is 0.314 e. The second kappa shape index (κ2) is 6.68. The van der Waals surface area contributed by atoms with Gasteiger partial charge in [0.15, 0.2) is 0 Å². The fourth-order valence-corrected chi connectivity index (χ4v) is 3.26. The van der Waals surface area contributed by atoms with Crippen molar-refractivity contribution in [3.63, 3.8) is 0 Å². The van der Waals surface area contributed by atoms with Crippen LogP contribution >= 0.6 is 11.6 Å². The summed E-state index contributed by atoms with van der Waals surface area (Å²) in [5, 5.41) is 3.43. The lowest BCUT2D eigenvalue weighted by atomic mass is 9.78. The lowest BCUT2D eigenvalue weighted by Crippen LogP contribution is -2.46. The van der Waals surface area contributed by atoms with Crippen LogP contribution in [0.2, 0.25) is 5.02 Å². The second-order valence-electron chi connectivity index (χ2n) is 5.73. The summed E-state index contributed by atoms with van der Waals surface area (Å²) in [7, 11) is 1.94. The third-order valence-electron chi connectivity index (χ3n) is 4.26. The zero-order valence-corrected chi connectivity index (χ0v) is 12.6. The van der Waals surface area contributed by atoms with Crippen molar-refractivity contribution in [2.45, 2.75) is 50.5 Å². The topological polar surface area (TPSA) is 29.1 Å². The molecule has 0 bridgehead atoms. The Kier molecular flexibility index (Phi) is 5.17. The first-order chi connectivity index (χ1) is 9.54. The summed E-state index contributed by atoms with van der Waals surface area (Å²) in [5.74, 6) is -0.259. The monoisotopic (exact) mass is 297 g/mol. The van der Waals surface area contributed by atoms with Gasteiger partial charge in [0.2, 0.25) is 0 Å². The predicted molar refractivity (Wildman–Crippen MR) is 79.6 cm³/mol. The van der Waals surface area contributed by atoms with Gasteiger partial charge in [-0.05, 0) is 37.6 Å². The molecule has 0 radical (unpaired) electrons. The SMILES string of the molecule is CNC1(CC(=O)Cc2ccc(F)c(Cl)c2)CCCCC1. The smallest absolute Gasteiger partial charge is 0.141 e. The molecule has 0 amide bonds. The van der Waals surface area contributed by atoms with Crippen LogP contribution in [0.25, 0.3) is 0 Å². The van der Waals surface area contributed by atoms with Crippen molar-refractivity contribution in [3.05, 3.63) is 34.6 Å². The molecule has 1 aromatic rings. The number of hydrogen-bond acceptors (Lipinski definition) is 2. The Morgan fingerprint density at radius 2 is 2.05 bits per heavy atom. The molecular formula is C16H21ClFNO. The van der Waals surface area contributed by atoms with Gasteiger partial charge >= 0.3 is 0 Å². The summed E-state index contributed by atoms with van der Waals surface area (Å²) in [5.41, 5.74) is 0.738. The van der Waals surface area contributed by atoms with E-state index in [1.54, 1.807) is 12.1 Å². The molecule has 0 atom stereocenters. The molecular weight excluding hydrogens is 277 g/mol. The molecule has 1 N–H and O–H groups in total. The van der Waals surface area contributed by atoms with Gasteiger partial charge in [-0.25, -0.2) is 4.39 Å². The van der Waals surface area contributed by atoms with Crippen molar-refractivity contribution in [2.75, 3.05) is 7.05 Å². The van der Waals surface area contributed by atoms with E-state index in [0.29, 0.717) is 12.8 Å². The Bertz CT molecular complexity index is 483. The molecule has 0 saturated heterocycles. The average Bonchev–Trinajstić information content (AvgIpc) is 2.44. The fourth-order valence-electron chi connectivity index (χ4n) is 3.06. The molecule has 4 heteroatoms. The average molecular weight is 298 g/mol. The third-order valence-corrected chi connectivity index (χ3v) is 4.55. The summed E-state index contributed by atoms with van der Waals surface area (Å²) in [4.78, 5) is 12.3. The van der Waals surface area contributed by atoms with Gasteiger partial charge in [-0.2, -0.15) is 0 Å². The van der Waals surface area contributed by atoms with E-state index in [2.05, 4.69) is 5.32 Å². The van der Waals surface area contributed by atoms with Crippen LogP contribution in [-0.4, -0.2) is 18.4 Å². The zero-order valence-electron chi connectivity index (χ0n) is 11.8. The van der Waals surface area contributed by atoms with E-state index in [-0.39, 0.29) is 16.3 Å². The van der Waals surface area contributed by atoms with Crippen LogP contribution < -0.4 is 5.32 Å². The van der Waals surface area contributed by atoms with Gasteiger partial charge in [-0.1, -0.05) is 36.9 Å². The molecule has 1 aromatic carbocycles. The van der Waals surface area contributed by atoms with Gasteiger partial charge in [0, 0.05) is 18.4 Å². The number of nitrogens with one attached hydrogen (secondary N) is 1. The van der Waals surface area contributed by atoms with Crippen LogP contribution in [-0.2, 0) is 11.2 Å². The first-order valence-corrected chi connectivity index (χ1v) is 7.57. The summed E-state index contributed by atoms with van der Waals surface area (Å²) >= 11 is 5.75. The molecule has 1 aliphatic rings. The van der Waals surface area contributed by atoms with E-state index >= 15 is 0 Å². The Morgan fingerprint density at radius 1 is 1.35 bits per heavy atom. The predicted octanol–water partition coefficient (Wildman–Crippen LogP) is 3.90. The number of Topliss-reactive ketones (excluding diaryl/α,β-unsaturated/α-hetero) is 1. The Balaban J connectivity index is 1.98. The van der Waals surface area contributed by atoms with Crippen LogP contribution in [0.1, 0.15) is 44.1 Å². The first-order valence-electron chi connectivity index (χ1n) is 7.19. The first kappa shape index (κ1) is 15.5. The van der Waals surface area contributed by atoms with E-state index < -0.39 is 5.82 Å². The molecule has 1 aliphatic carbocycles. The quantitative estimate of drug-likeness (QED) is 0.893. The summed E-state index contributed by atoms with van der Waals surface area (Å²) in [6, 6.07) is 4.49. The zero-order chi connectivity index (χ0) is 14.6. The number of hydrogen-bond donors (Lipinski definition) is 1. The van der Waals surface area contributed by atoms with Gasteiger partial charge in [0.05, 0.1) is 5.02 Å². The van der Waals surface area contributed by atoms with Crippen molar-refractivity contribution < 1.29 is 9.18 Å². The fraction of sp³-hybridized carbons (Fsp3) is 0.562. The van der Waals surface area contributed by atoms with E-state index in [4.69, 9.17) is 11.6 Å². The molecule has 110 valence electrons. The lowest BCUT2D eigenvalue weighted by molar-refractivity contribution is -0.120. The second-order valence-corrected chi connectivity index (χ2v) is 6.14. The number of rotatable bonds is 5. The minimum atomic E-state index is -0.443. The molecule has 0 aromatic heterocycles. The number of carbonyl (C=O) groups is 1. The van der Waals surface area contributed by atoms with E-state index in [0.717, 1.165) is 18.4 Å². The number of benzene rings is 1. The van der Waals surface area contributed by atoms with Crippen LogP contribution in [0.5, 0.6) is 0 Å². The summed E-state index contributed by atoms with van der Waals surface area (Å²) in [6.07, 6.45) is 6.58. The molecule has 0 aliphatic heterocycles. The normalized spacial score (nSPS) is 17.9. The van der Waals surface area contributed by atoms with Crippen LogP contribution in [0.4, 0.5) is 4.39 Å². The highest BCUT2D eigenvalue weighted by molar-refractivity contribution is 6.30. The maximum absolute atomic E-state index is 13.1. The highest BCUT2D eigenvalue weighted by atomic mass is 35.5. The summed E-state index contributed by atoms with van der Waals surface area (Å²) < 4.78 is 13.1. The van der Waals surface area contributed by atoms with Crippen LogP contribution in [0.15, 0.2) is 18.2 Å². The minimum absolute atomic E-state index is 0.0425. The maximum Gasteiger partial charge on any atom is 0.141 e. The van der Waals surface area contributed by atoms with Crippen molar-refractivity contribution in [1.82, 2.24) is 5.32 Å². The van der Waals surface area contributed by atoms with Gasteiger partial charge in [0.25, 0.3) is 0 Å². The Hall–Kier alpha value is -0.930.